The van der Waals surface area contributed by atoms with Crippen molar-refractivity contribution >= 4 is 22.5 Å². The van der Waals surface area contributed by atoms with Gasteiger partial charge < -0.3 is 5.32 Å². The molecular formula is C21H19N5O. The Labute approximate surface area is 156 Å². The van der Waals surface area contributed by atoms with Crippen LogP contribution in [-0.2, 0) is 18.3 Å². The summed E-state index contributed by atoms with van der Waals surface area (Å²) >= 11 is 0. The largest absolute Gasteiger partial charge is 0.311 e. The first-order valence-corrected chi connectivity index (χ1v) is 8.76. The highest BCUT2D eigenvalue weighted by atomic mass is 16.1. The van der Waals surface area contributed by atoms with Gasteiger partial charge in [0.1, 0.15) is 5.82 Å². The molecule has 0 atom stereocenters. The van der Waals surface area contributed by atoms with Crippen LogP contribution in [0.1, 0.15) is 12.0 Å². The van der Waals surface area contributed by atoms with E-state index in [0.29, 0.717) is 18.7 Å². The number of benzene rings is 1. The molecule has 0 aliphatic rings. The van der Waals surface area contributed by atoms with E-state index in [2.05, 4.69) is 20.4 Å². The molecule has 0 bridgehead atoms. The Balaban J connectivity index is 1.49. The normalized spacial score (nSPS) is 10.9. The van der Waals surface area contributed by atoms with Gasteiger partial charge in [-0.05, 0) is 29.5 Å². The second-order valence-corrected chi connectivity index (χ2v) is 6.42. The summed E-state index contributed by atoms with van der Waals surface area (Å²) in [7, 11) is 1.87. The fraction of sp³-hybridized carbons (Fsp3) is 0.143. The van der Waals surface area contributed by atoms with Crippen LogP contribution in [0.15, 0.2) is 67.3 Å². The van der Waals surface area contributed by atoms with E-state index in [-0.39, 0.29) is 5.91 Å². The van der Waals surface area contributed by atoms with Crippen molar-refractivity contribution in [2.24, 2.45) is 7.05 Å². The van der Waals surface area contributed by atoms with Crippen molar-refractivity contribution in [3.05, 3.63) is 72.8 Å². The molecule has 1 amide bonds. The van der Waals surface area contributed by atoms with E-state index in [1.807, 2.05) is 55.7 Å². The number of rotatable bonds is 5. The average Bonchev–Trinajstić information content (AvgIpc) is 3.13. The quantitative estimate of drug-likeness (QED) is 0.592. The van der Waals surface area contributed by atoms with Crippen LogP contribution in [0, 0.1) is 0 Å². The fourth-order valence-corrected chi connectivity index (χ4v) is 2.93. The van der Waals surface area contributed by atoms with Gasteiger partial charge in [-0.2, -0.15) is 5.10 Å². The number of amides is 1. The van der Waals surface area contributed by atoms with Gasteiger partial charge in [0.05, 0.1) is 11.9 Å². The summed E-state index contributed by atoms with van der Waals surface area (Å²) in [4.78, 5) is 21.0. The van der Waals surface area contributed by atoms with Gasteiger partial charge in [-0.3, -0.25) is 14.5 Å². The molecule has 3 heterocycles. The highest BCUT2D eigenvalue weighted by molar-refractivity contribution is 5.93. The molecule has 3 aromatic heterocycles. The Morgan fingerprint density at radius 1 is 1.04 bits per heavy atom. The molecule has 6 nitrogen and oxygen atoms in total. The summed E-state index contributed by atoms with van der Waals surface area (Å²) in [6.07, 6.45) is 8.33. The molecule has 0 radical (unpaired) electrons. The summed E-state index contributed by atoms with van der Waals surface area (Å²) in [6, 6.07) is 13.8. The van der Waals surface area contributed by atoms with Crippen LogP contribution in [0.5, 0.6) is 0 Å². The van der Waals surface area contributed by atoms with Crippen molar-refractivity contribution in [2.75, 3.05) is 5.32 Å². The number of carbonyl (C=O) groups excluding carboxylic acids is 1. The molecule has 0 saturated heterocycles. The third kappa shape index (κ3) is 4.00. The van der Waals surface area contributed by atoms with Crippen LogP contribution >= 0.6 is 0 Å². The average molecular weight is 357 g/mol. The molecule has 6 heteroatoms. The Bertz CT molecular complexity index is 1090. The third-order valence-electron chi connectivity index (χ3n) is 4.35. The van der Waals surface area contributed by atoms with Crippen molar-refractivity contribution in [1.29, 1.82) is 0 Å². The number of nitrogens with zero attached hydrogens (tertiary/aromatic N) is 4. The Hall–Kier alpha value is -3.54. The first-order valence-electron chi connectivity index (χ1n) is 8.76. The minimum Gasteiger partial charge on any atom is -0.311 e. The number of fused-ring (bicyclic) bond motifs is 1. The van der Waals surface area contributed by atoms with Crippen LogP contribution in [-0.4, -0.2) is 25.7 Å². The predicted octanol–water partition coefficient (Wildman–Crippen LogP) is 3.60. The van der Waals surface area contributed by atoms with Gasteiger partial charge in [-0.25, -0.2) is 4.98 Å². The molecule has 4 aromatic rings. The van der Waals surface area contributed by atoms with Gasteiger partial charge in [0.15, 0.2) is 0 Å². The molecule has 4 rings (SSSR count). The zero-order valence-corrected chi connectivity index (χ0v) is 15.0. The Morgan fingerprint density at radius 2 is 1.85 bits per heavy atom. The number of aryl methyl sites for hydroxylation is 2. The molecule has 0 spiro atoms. The molecule has 0 saturated carbocycles. The summed E-state index contributed by atoms with van der Waals surface area (Å²) in [5.74, 6) is 0.496. The monoisotopic (exact) mass is 357 g/mol. The maximum absolute atomic E-state index is 12.2. The molecule has 0 unspecified atom stereocenters. The van der Waals surface area contributed by atoms with Gasteiger partial charge in [-0.15, -0.1) is 0 Å². The molecule has 27 heavy (non-hydrogen) atoms. The summed E-state index contributed by atoms with van der Waals surface area (Å²) in [5.41, 5.74) is 2.93. The Morgan fingerprint density at radius 3 is 2.63 bits per heavy atom. The number of carbonyl (C=O) groups is 1. The van der Waals surface area contributed by atoms with Gasteiger partial charge in [0.2, 0.25) is 5.91 Å². The van der Waals surface area contributed by atoms with Crippen LogP contribution in [0.25, 0.3) is 22.0 Å². The van der Waals surface area contributed by atoms with E-state index >= 15 is 0 Å². The van der Waals surface area contributed by atoms with E-state index in [0.717, 1.165) is 27.6 Å². The van der Waals surface area contributed by atoms with Crippen LogP contribution in [0.3, 0.4) is 0 Å². The van der Waals surface area contributed by atoms with E-state index in [4.69, 9.17) is 0 Å². The van der Waals surface area contributed by atoms with Crippen LogP contribution in [0.4, 0.5) is 5.82 Å². The van der Waals surface area contributed by atoms with Crippen LogP contribution in [0.2, 0.25) is 0 Å². The molecule has 1 N–H and O–H groups in total. The SMILES string of the molecule is Cn1cc(-c2cc3cc(NC(=O)CCc4ccccc4)ncc3cn2)cn1. The lowest BCUT2D eigenvalue weighted by Gasteiger charge is -2.07. The minimum absolute atomic E-state index is 0.0488. The first kappa shape index (κ1) is 16.9. The van der Waals surface area contributed by atoms with Crippen LogP contribution < -0.4 is 5.32 Å². The Kier molecular flexibility index (Phi) is 4.61. The summed E-state index contributed by atoms with van der Waals surface area (Å²) in [5, 5.41) is 8.95. The van der Waals surface area contributed by atoms with Gasteiger partial charge in [0, 0.05) is 43.0 Å². The summed E-state index contributed by atoms with van der Waals surface area (Å²) in [6.45, 7) is 0. The minimum atomic E-state index is -0.0488. The lowest BCUT2D eigenvalue weighted by atomic mass is 10.1. The third-order valence-corrected chi connectivity index (χ3v) is 4.35. The van der Waals surface area contributed by atoms with Crippen molar-refractivity contribution in [3.8, 4) is 11.3 Å². The number of pyridine rings is 2. The standard InChI is InChI=1S/C21H19N5O/c1-26-14-18(13-24-26)19-9-16-10-20(23-12-17(16)11-22-19)25-21(27)8-7-15-5-3-2-4-6-15/h2-6,9-14H,7-8H2,1H3,(H,23,25,27). The van der Waals surface area contributed by atoms with E-state index in [1.54, 1.807) is 23.3 Å². The number of hydrogen-bond acceptors (Lipinski definition) is 4. The molecule has 134 valence electrons. The molecule has 1 aromatic carbocycles. The van der Waals surface area contributed by atoms with Gasteiger partial charge >= 0.3 is 0 Å². The first-order chi connectivity index (χ1) is 13.2. The molecule has 0 aliphatic carbocycles. The lowest BCUT2D eigenvalue weighted by molar-refractivity contribution is -0.116. The zero-order chi connectivity index (χ0) is 18.6. The summed E-state index contributed by atoms with van der Waals surface area (Å²) < 4.78 is 1.74. The smallest absolute Gasteiger partial charge is 0.225 e. The predicted molar refractivity (Wildman–Crippen MR) is 105 cm³/mol. The van der Waals surface area contributed by atoms with Crippen molar-refractivity contribution in [1.82, 2.24) is 19.7 Å². The number of aromatic nitrogens is 4. The zero-order valence-electron chi connectivity index (χ0n) is 15.0. The number of anilines is 1. The number of nitrogens with one attached hydrogen (secondary N) is 1. The van der Waals surface area contributed by atoms with Crippen molar-refractivity contribution < 1.29 is 4.79 Å². The maximum Gasteiger partial charge on any atom is 0.225 e. The van der Waals surface area contributed by atoms with E-state index < -0.39 is 0 Å². The second-order valence-electron chi connectivity index (χ2n) is 6.42. The molecule has 0 fully saturated rings. The fourth-order valence-electron chi connectivity index (χ4n) is 2.93. The number of hydrogen-bond donors (Lipinski definition) is 1. The van der Waals surface area contributed by atoms with Gasteiger partial charge in [0.25, 0.3) is 0 Å². The topological polar surface area (TPSA) is 72.7 Å². The van der Waals surface area contributed by atoms with E-state index in [1.165, 1.54) is 0 Å². The maximum atomic E-state index is 12.2. The van der Waals surface area contributed by atoms with Crippen molar-refractivity contribution in [3.63, 3.8) is 0 Å². The highest BCUT2D eigenvalue weighted by Gasteiger charge is 2.07. The van der Waals surface area contributed by atoms with Gasteiger partial charge in [-0.1, -0.05) is 30.3 Å². The molecule has 0 aliphatic heterocycles. The highest BCUT2D eigenvalue weighted by Crippen LogP contribution is 2.22. The second kappa shape index (κ2) is 7.37. The lowest BCUT2D eigenvalue weighted by Crippen LogP contribution is -2.13. The molecular weight excluding hydrogens is 338 g/mol. The van der Waals surface area contributed by atoms with Crippen molar-refractivity contribution in [2.45, 2.75) is 12.8 Å². The van der Waals surface area contributed by atoms with E-state index in [9.17, 15) is 4.79 Å².